The molecule has 0 bridgehead atoms. The molecule has 5 nitrogen and oxygen atoms in total. The van der Waals surface area contributed by atoms with Crippen LogP contribution in [0.5, 0.6) is 17.2 Å². The standard InChI is InChI=1S/C19H21NO4/c1-22-16-9-15(10-17(11-16)23-2)19(21)20-12-13-5-6-18-14(8-13)4-3-7-24-18/h5-6,8-11H,3-4,7,12H2,1-2H3,(H,20,21). The van der Waals surface area contributed by atoms with E-state index in [-0.39, 0.29) is 5.91 Å². The van der Waals surface area contributed by atoms with Crippen molar-refractivity contribution in [3.05, 3.63) is 53.1 Å². The Labute approximate surface area is 141 Å². The van der Waals surface area contributed by atoms with Crippen molar-refractivity contribution in [2.24, 2.45) is 0 Å². The number of fused-ring (bicyclic) bond motifs is 1. The monoisotopic (exact) mass is 327 g/mol. The highest BCUT2D eigenvalue weighted by Crippen LogP contribution is 2.26. The predicted molar refractivity (Wildman–Crippen MR) is 91.0 cm³/mol. The van der Waals surface area contributed by atoms with Crippen LogP contribution in [0.25, 0.3) is 0 Å². The molecule has 0 spiro atoms. The second-order valence-electron chi connectivity index (χ2n) is 5.68. The first kappa shape index (κ1) is 16.2. The number of nitrogens with one attached hydrogen (secondary N) is 1. The van der Waals surface area contributed by atoms with Crippen molar-refractivity contribution in [1.29, 1.82) is 0 Å². The number of carbonyl (C=O) groups excluding carboxylic acids is 1. The van der Waals surface area contributed by atoms with Gasteiger partial charge in [-0.2, -0.15) is 0 Å². The maximum absolute atomic E-state index is 12.4. The molecule has 2 aromatic carbocycles. The van der Waals surface area contributed by atoms with Crippen LogP contribution in [-0.2, 0) is 13.0 Å². The molecule has 0 saturated heterocycles. The van der Waals surface area contributed by atoms with E-state index < -0.39 is 0 Å². The van der Waals surface area contributed by atoms with Gasteiger partial charge in [0.25, 0.3) is 5.91 Å². The zero-order valence-corrected chi connectivity index (χ0v) is 13.9. The second-order valence-corrected chi connectivity index (χ2v) is 5.68. The molecule has 3 rings (SSSR count). The van der Waals surface area contributed by atoms with Gasteiger partial charge in [-0.25, -0.2) is 0 Å². The molecule has 0 saturated carbocycles. The number of benzene rings is 2. The fraction of sp³-hybridized carbons (Fsp3) is 0.316. The van der Waals surface area contributed by atoms with Crippen molar-refractivity contribution in [2.75, 3.05) is 20.8 Å². The van der Waals surface area contributed by atoms with Crippen molar-refractivity contribution in [2.45, 2.75) is 19.4 Å². The van der Waals surface area contributed by atoms with Crippen LogP contribution in [0.1, 0.15) is 27.9 Å². The van der Waals surface area contributed by atoms with E-state index in [0.29, 0.717) is 23.6 Å². The van der Waals surface area contributed by atoms with E-state index in [9.17, 15) is 4.79 Å². The first-order valence-electron chi connectivity index (χ1n) is 7.95. The Bertz CT molecular complexity index is 720. The van der Waals surface area contributed by atoms with Crippen LogP contribution in [0.3, 0.4) is 0 Å². The SMILES string of the molecule is COc1cc(OC)cc(C(=O)NCc2ccc3c(c2)CCCO3)c1. The molecule has 1 aliphatic heterocycles. The van der Waals surface area contributed by atoms with Gasteiger partial charge in [-0.15, -0.1) is 0 Å². The summed E-state index contributed by atoms with van der Waals surface area (Å²) in [6, 6.07) is 11.2. The molecular weight excluding hydrogens is 306 g/mol. The minimum absolute atomic E-state index is 0.166. The number of ether oxygens (including phenoxy) is 3. The van der Waals surface area contributed by atoms with E-state index in [0.717, 1.165) is 30.8 Å². The normalized spacial score (nSPS) is 12.8. The Morgan fingerprint density at radius 1 is 1.12 bits per heavy atom. The third-order valence-corrected chi connectivity index (χ3v) is 4.04. The molecule has 0 aromatic heterocycles. The summed E-state index contributed by atoms with van der Waals surface area (Å²) >= 11 is 0. The molecule has 126 valence electrons. The van der Waals surface area contributed by atoms with Crippen LogP contribution < -0.4 is 19.5 Å². The van der Waals surface area contributed by atoms with Gasteiger partial charge in [0, 0.05) is 18.2 Å². The third kappa shape index (κ3) is 3.62. The highest BCUT2D eigenvalue weighted by Gasteiger charge is 2.12. The zero-order valence-electron chi connectivity index (χ0n) is 13.9. The van der Waals surface area contributed by atoms with Gasteiger partial charge >= 0.3 is 0 Å². The van der Waals surface area contributed by atoms with E-state index in [1.165, 1.54) is 5.56 Å². The maximum Gasteiger partial charge on any atom is 0.251 e. The summed E-state index contributed by atoms with van der Waals surface area (Å²) in [4.78, 5) is 12.4. The van der Waals surface area contributed by atoms with E-state index >= 15 is 0 Å². The van der Waals surface area contributed by atoms with Crippen molar-refractivity contribution in [3.8, 4) is 17.2 Å². The van der Waals surface area contributed by atoms with Gasteiger partial charge in [0.2, 0.25) is 0 Å². The molecule has 1 heterocycles. The lowest BCUT2D eigenvalue weighted by molar-refractivity contribution is 0.0950. The van der Waals surface area contributed by atoms with Crippen molar-refractivity contribution >= 4 is 5.91 Å². The fourth-order valence-corrected chi connectivity index (χ4v) is 2.75. The summed E-state index contributed by atoms with van der Waals surface area (Å²) < 4.78 is 16.0. The van der Waals surface area contributed by atoms with Gasteiger partial charge in [-0.05, 0) is 42.2 Å². The largest absolute Gasteiger partial charge is 0.497 e. The van der Waals surface area contributed by atoms with Crippen LogP contribution in [0.4, 0.5) is 0 Å². The maximum atomic E-state index is 12.4. The number of hydrogen-bond donors (Lipinski definition) is 1. The number of carbonyl (C=O) groups is 1. The first-order chi connectivity index (χ1) is 11.7. The van der Waals surface area contributed by atoms with Crippen LogP contribution in [0, 0.1) is 0 Å². The van der Waals surface area contributed by atoms with Gasteiger partial charge < -0.3 is 19.5 Å². The minimum Gasteiger partial charge on any atom is -0.497 e. The molecule has 0 fully saturated rings. The van der Waals surface area contributed by atoms with Crippen LogP contribution in [0.2, 0.25) is 0 Å². The highest BCUT2D eigenvalue weighted by molar-refractivity contribution is 5.95. The Balaban J connectivity index is 1.69. The lowest BCUT2D eigenvalue weighted by Gasteiger charge is -2.18. The molecular formula is C19H21NO4. The van der Waals surface area contributed by atoms with Crippen molar-refractivity contribution in [3.63, 3.8) is 0 Å². The molecule has 24 heavy (non-hydrogen) atoms. The van der Waals surface area contributed by atoms with E-state index in [2.05, 4.69) is 11.4 Å². The summed E-state index contributed by atoms with van der Waals surface area (Å²) in [6.07, 6.45) is 2.05. The first-order valence-corrected chi connectivity index (χ1v) is 7.95. The smallest absolute Gasteiger partial charge is 0.251 e. The van der Waals surface area contributed by atoms with Crippen LogP contribution in [0.15, 0.2) is 36.4 Å². The lowest BCUT2D eigenvalue weighted by Crippen LogP contribution is -2.23. The van der Waals surface area contributed by atoms with Crippen LogP contribution in [-0.4, -0.2) is 26.7 Å². The summed E-state index contributed by atoms with van der Waals surface area (Å²) in [7, 11) is 3.12. The molecule has 1 aliphatic rings. The van der Waals surface area contributed by atoms with E-state index in [4.69, 9.17) is 14.2 Å². The Kier molecular flexibility index (Phi) is 4.89. The second kappa shape index (κ2) is 7.25. The van der Waals surface area contributed by atoms with E-state index in [1.54, 1.807) is 32.4 Å². The highest BCUT2D eigenvalue weighted by atomic mass is 16.5. The van der Waals surface area contributed by atoms with Gasteiger partial charge in [0.15, 0.2) is 0 Å². The zero-order chi connectivity index (χ0) is 16.9. The van der Waals surface area contributed by atoms with Crippen LogP contribution >= 0.6 is 0 Å². The quantitative estimate of drug-likeness (QED) is 0.917. The lowest BCUT2D eigenvalue weighted by atomic mass is 10.0. The van der Waals surface area contributed by atoms with Crippen molar-refractivity contribution in [1.82, 2.24) is 5.32 Å². The average molecular weight is 327 g/mol. The number of aryl methyl sites for hydroxylation is 1. The molecule has 5 heteroatoms. The molecule has 0 atom stereocenters. The van der Waals surface area contributed by atoms with Gasteiger partial charge in [0.1, 0.15) is 17.2 Å². The average Bonchev–Trinajstić information content (AvgIpc) is 2.65. The summed E-state index contributed by atoms with van der Waals surface area (Å²) in [5.41, 5.74) is 2.77. The number of methoxy groups -OCH3 is 2. The van der Waals surface area contributed by atoms with E-state index in [1.807, 2.05) is 12.1 Å². The molecule has 1 amide bonds. The van der Waals surface area contributed by atoms with Crippen molar-refractivity contribution < 1.29 is 19.0 Å². The molecule has 0 unspecified atom stereocenters. The Morgan fingerprint density at radius 2 is 1.88 bits per heavy atom. The Hall–Kier alpha value is -2.69. The fourth-order valence-electron chi connectivity index (χ4n) is 2.75. The topological polar surface area (TPSA) is 56.8 Å². The Morgan fingerprint density at radius 3 is 2.58 bits per heavy atom. The third-order valence-electron chi connectivity index (χ3n) is 4.04. The molecule has 2 aromatic rings. The number of hydrogen-bond acceptors (Lipinski definition) is 4. The van der Waals surface area contributed by atoms with Gasteiger partial charge in [0.05, 0.1) is 20.8 Å². The molecule has 0 radical (unpaired) electrons. The summed E-state index contributed by atoms with van der Waals surface area (Å²) in [5.74, 6) is 1.96. The molecule has 0 aliphatic carbocycles. The predicted octanol–water partition coefficient (Wildman–Crippen LogP) is 2.96. The molecule has 1 N–H and O–H groups in total. The summed E-state index contributed by atoms with van der Waals surface area (Å²) in [5, 5.41) is 2.93. The number of amides is 1. The number of rotatable bonds is 5. The summed E-state index contributed by atoms with van der Waals surface area (Å²) in [6.45, 7) is 1.24. The van der Waals surface area contributed by atoms with Gasteiger partial charge in [-0.3, -0.25) is 4.79 Å². The van der Waals surface area contributed by atoms with Gasteiger partial charge in [-0.1, -0.05) is 12.1 Å². The minimum atomic E-state index is -0.166.